The fraction of sp³-hybridized carbons (Fsp3) is 0.280. The van der Waals surface area contributed by atoms with Crippen LogP contribution < -0.4 is 10.1 Å². The van der Waals surface area contributed by atoms with Crippen molar-refractivity contribution in [2.24, 2.45) is 0 Å². The molecule has 9 heteroatoms. The van der Waals surface area contributed by atoms with Crippen LogP contribution in [-0.4, -0.2) is 31.1 Å². The van der Waals surface area contributed by atoms with Crippen molar-refractivity contribution in [3.05, 3.63) is 77.3 Å². The molecule has 0 radical (unpaired) electrons. The zero-order chi connectivity index (χ0) is 24.1. The van der Waals surface area contributed by atoms with Crippen molar-refractivity contribution in [3.8, 4) is 11.4 Å². The Morgan fingerprint density at radius 2 is 1.82 bits per heavy atom. The molecule has 0 aliphatic heterocycles. The molecule has 0 saturated carbocycles. The number of hydrogen-bond acceptors (Lipinski definition) is 7. The molecule has 0 spiro atoms. The minimum absolute atomic E-state index is 0.170. The van der Waals surface area contributed by atoms with E-state index in [0.29, 0.717) is 29.0 Å². The van der Waals surface area contributed by atoms with Crippen LogP contribution in [0.25, 0.3) is 5.69 Å². The van der Waals surface area contributed by atoms with Crippen molar-refractivity contribution < 1.29 is 14.1 Å². The van der Waals surface area contributed by atoms with Crippen LogP contribution in [0.5, 0.6) is 5.75 Å². The van der Waals surface area contributed by atoms with Crippen molar-refractivity contribution in [1.82, 2.24) is 19.9 Å². The Balaban J connectivity index is 1.59. The molecule has 0 aliphatic rings. The van der Waals surface area contributed by atoms with Gasteiger partial charge in [0.1, 0.15) is 18.1 Å². The van der Waals surface area contributed by atoms with E-state index in [0.717, 1.165) is 22.6 Å². The predicted molar refractivity (Wildman–Crippen MR) is 131 cm³/mol. The number of aryl methyl sites for hydroxylation is 3. The summed E-state index contributed by atoms with van der Waals surface area (Å²) in [5, 5.41) is 15.7. The molecule has 0 fully saturated rings. The predicted octanol–water partition coefficient (Wildman–Crippen LogP) is 5.27. The van der Waals surface area contributed by atoms with Gasteiger partial charge in [0.25, 0.3) is 0 Å². The van der Waals surface area contributed by atoms with Gasteiger partial charge in [0.15, 0.2) is 16.8 Å². The van der Waals surface area contributed by atoms with Crippen molar-refractivity contribution in [3.63, 3.8) is 0 Å². The molecule has 0 bridgehead atoms. The lowest BCUT2D eigenvalue weighted by atomic mass is 10.1. The fourth-order valence-corrected chi connectivity index (χ4v) is 4.54. The molecule has 0 aliphatic carbocycles. The Morgan fingerprint density at radius 3 is 2.47 bits per heavy atom. The molecule has 1 N–H and O–H groups in total. The number of benzene rings is 2. The summed E-state index contributed by atoms with van der Waals surface area (Å²) in [7, 11) is 0. The third-order valence-electron chi connectivity index (χ3n) is 5.26. The molecule has 4 aromatic rings. The second-order valence-corrected chi connectivity index (χ2v) is 9.08. The number of nitrogens with zero attached hydrogens (tertiary/aromatic N) is 4. The van der Waals surface area contributed by atoms with Gasteiger partial charge in [-0.3, -0.25) is 9.36 Å². The number of nitrogens with one attached hydrogen (secondary N) is 1. The first-order chi connectivity index (χ1) is 16.5. The zero-order valence-electron chi connectivity index (χ0n) is 19.6. The number of thioether (sulfide) groups is 1. The number of anilines is 1. The molecule has 176 valence electrons. The number of ether oxygens (including phenoxy) is 1. The van der Waals surface area contributed by atoms with Crippen LogP contribution in [0, 0.1) is 20.8 Å². The Kier molecular flexibility index (Phi) is 7.32. The van der Waals surface area contributed by atoms with E-state index >= 15 is 0 Å². The Labute approximate surface area is 202 Å². The minimum Gasteiger partial charge on any atom is -0.485 e. The first-order valence-corrected chi connectivity index (χ1v) is 11.9. The molecule has 4 rings (SSSR count). The maximum atomic E-state index is 12.9. The van der Waals surface area contributed by atoms with E-state index in [-0.39, 0.29) is 12.5 Å². The molecule has 2 aromatic heterocycles. The summed E-state index contributed by atoms with van der Waals surface area (Å²) in [5.74, 6) is 2.35. The molecule has 0 saturated heterocycles. The highest BCUT2D eigenvalue weighted by molar-refractivity contribution is 8.00. The first-order valence-electron chi connectivity index (χ1n) is 11.1. The molecule has 1 unspecified atom stereocenters. The average molecular weight is 478 g/mol. The third kappa shape index (κ3) is 5.31. The van der Waals surface area contributed by atoms with Gasteiger partial charge >= 0.3 is 0 Å². The average Bonchev–Trinajstić information content (AvgIpc) is 3.43. The topological polar surface area (TPSA) is 95.1 Å². The van der Waals surface area contributed by atoms with Gasteiger partial charge in [-0.25, -0.2) is 0 Å². The van der Waals surface area contributed by atoms with Crippen LogP contribution in [0.2, 0.25) is 0 Å². The molecule has 1 atom stereocenters. The molecule has 8 nitrogen and oxygen atoms in total. The Bertz CT molecular complexity index is 1250. The van der Waals surface area contributed by atoms with Crippen molar-refractivity contribution in [2.45, 2.75) is 51.1 Å². The summed E-state index contributed by atoms with van der Waals surface area (Å²) in [6.07, 6.45) is 0.600. The van der Waals surface area contributed by atoms with Gasteiger partial charge in [0.2, 0.25) is 5.91 Å². The van der Waals surface area contributed by atoms with E-state index in [1.54, 1.807) is 13.0 Å². The summed E-state index contributed by atoms with van der Waals surface area (Å²) in [5.41, 5.74) is 3.02. The number of aromatic nitrogens is 4. The summed E-state index contributed by atoms with van der Waals surface area (Å²) in [4.78, 5) is 12.9. The highest BCUT2D eigenvalue weighted by Gasteiger charge is 2.24. The Hall–Kier alpha value is -3.59. The van der Waals surface area contributed by atoms with Gasteiger partial charge in [0.05, 0.1) is 5.25 Å². The molecular formula is C25H27N5O3S. The van der Waals surface area contributed by atoms with E-state index in [9.17, 15) is 4.79 Å². The van der Waals surface area contributed by atoms with Crippen LogP contribution in [0.15, 0.2) is 64.3 Å². The fourth-order valence-electron chi connectivity index (χ4n) is 3.55. The van der Waals surface area contributed by atoms with Gasteiger partial charge in [-0.1, -0.05) is 60.2 Å². The molecule has 2 heterocycles. The molecular weight excluding hydrogens is 450 g/mol. The second kappa shape index (κ2) is 10.6. The Morgan fingerprint density at radius 1 is 1.09 bits per heavy atom. The highest BCUT2D eigenvalue weighted by atomic mass is 32.2. The van der Waals surface area contributed by atoms with E-state index in [4.69, 9.17) is 9.26 Å². The number of amides is 1. The number of carbonyl (C=O) groups is 1. The minimum atomic E-state index is -0.393. The van der Waals surface area contributed by atoms with Gasteiger partial charge in [-0.05, 0) is 50.5 Å². The van der Waals surface area contributed by atoms with E-state index in [1.807, 2.05) is 73.9 Å². The van der Waals surface area contributed by atoms with Gasteiger partial charge in [-0.15, -0.1) is 10.2 Å². The summed E-state index contributed by atoms with van der Waals surface area (Å²) < 4.78 is 13.1. The lowest BCUT2D eigenvalue weighted by Crippen LogP contribution is -2.25. The monoisotopic (exact) mass is 477 g/mol. The van der Waals surface area contributed by atoms with Crippen LogP contribution in [-0.2, 0) is 11.4 Å². The van der Waals surface area contributed by atoms with Crippen LogP contribution in [0.1, 0.15) is 36.1 Å². The number of rotatable bonds is 9. The normalized spacial score (nSPS) is 11.9. The highest BCUT2D eigenvalue weighted by Crippen LogP contribution is 2.29. The van der Waals surface area contributed by atoms with Crippen molar-refractivity contribution in [1.29, 1.82) is 0 Å². The maximum Gasteiger partial charge on any atom is 0.239 e. The number of hydrogen-bond donors (Lipinski definition) is 1. The van der Waals surface area contributed by atoms with E-state index in [1.165, 1.54) is 11.8 Å². The number of para-hydroxylation sites is 2. The van der Waals surface area contributed by atoms with Crippen LogP contribution >= 0.6 is 11.8 Å². The van der Waals surface area contributed by atoms with Crippen LogP contribution in [0.4, 0.5) is 5.82 Å². The summed E-state index contributed by atoms with van der Waals surface area (Å²) in [6.45, 7) is 8.02. The van der Waals surface area contributed by atoms with Crippen molar-refractivity contribution >= 4 is 23.5 Å². The molecule has 1 amide bonds. The second-order valence-electron chi connectivity index (χ2n) is 7.91. The first kappa shape index (κ1) is 23.6. The van der Waals surface area contributed by atoms with Gasteiger partial charge in [0, 0.05) is 11.8 Å². The smallest absolute Gasteiger partial charge is 0.239 e. The maximum absolute atomic E-state index is 12.9. The van der Waals surface area contributed by atoms with E-state index < -0.39 is 5.25 Å². The largest absolute Gasteiger partial charge is 0.485 e. The van der Waals surface area contributed by atoms with Crippen LogP contribution in [0.3, 0.4) is 0 Å². The quantitative estimate of drug-likeness (QED) is 0.328. The zero-order valence-corrected chi connectivity index (χ0v) is 20.4. The SMILES string of the molecule is CCC(Sc1nnc(COc2c(C)cccc2C)n1-c1ccccc1)C(=O)Nc1cc(C)on1. The van der Waals surface area contributed by atoms with E-state index in [2.05, 4.69) is 20.7 Å². The standard InChI is InChI=1S/C25H27N5O3S/c1-5-20(24(31)26-21-14-18(4)33-29-21)34-25-28-27-22(30(25)19-12-7-6-8-13-19)15-32-23-16(2)10-9-11-17(23)3/h6-14,20H,5,15H2,1-4H3,(H,26,29,31). The lowest BCUT2D eigenvalue weighted by molar-refractivity contribution is -0.115. The molecule has 34 heavy (non-hydrogen) atoms. The summed E-state index contributed by atoms with van der Waals surface area (Å²) in [6, 6.07) is 17.6. The molecule has 2 aromatic carbocycles. The summed E-state index contributed by atoms with van der Waals surface area (Å²) >= 11 is 1.36. The van der Waals surface area contributed by atoms with Gasteiger partial charge < -0.3 is 14.6 Å². The lowest BCUT2D eigenvalue weighted by Gasteiger charge is -2.16. The van der Waals surface area contributed by atoms with Crippen molar-refractivity contribution in [2.75, 3.05) is 5.32 Å². The third-order valence-corrected chi connectivity index (χ3v) is 6.57. The van der Waals surface area contributed by atoms with Gasteiger partial charge in [-0.2, -0.15) is 0 Å². The number of carbonyl (C=O) groups excluding carboxylic acids is 1.